The molecular weight excluding hydrogens is 280 g/mol. The standard InChI is InChI=1S/C17H22N2O3/c1-16(2)12-7-8-17(3,10-12)15(16)18-14(20)11-5-4-6-13(9-11)19(21)22/h4-6,9,12,15H,7-8,10H2,1-3H3,(H,18,20)/t12-,15-,17-/m1/s1. The summed E-state index contributed by atoms with van der Waals surface area (Å²) >= 11 is 0. The Morgan fingerprint density at radius 2 is 2.09 bits per heavy atom. The van der Waals surface area contributed by atoms with Gasteiger partial charge in [-0.2, -0.15) is 0 Å². The van der Waals surface area contributed by atoms with E-state index in [-0.39, 0.29) is 28.5 Å². The van der Waals surface area contributed by atoms with E-state index in [2.05, 4.69) is 26.1 Å². The van der Waals surface area contributed by atoms with Gasteiger partial charge >= 0.3 is 0 Å². The van der Waals surface area contributed by atoms with Gasteiger partial charge in [-0.15, -0.1) is 0 Å². The van der Waals surface area contributed by atoms with Gasteiger partial charge in [0.2, 0.25) is 0 Å². The lowest BCUT2D eigenvalue weighted by atomic mass is 9.68. The number of amides is 1. The van der Waals surface area contributed by atoms with Crippen molar-refractivity contribution in [2.24, 2.45) is 16.7 Å². The van der Waals surface area contributed by atoms with Gasteiger partial charge in [0.25, 0.3) is 11.6 Å². The number of hydrogen-bond acceptors (Lipinski definition) is 3. The molecule has 0 aromatic heterocycles. The van der Waals surface area contributed by atoms with E-state index in [1.807, 2.05) is 0 Å². The second-order valence-corrected chi connectivity index (χ2v) is 7.63. The fourth-order valence-electron chi connectivity index (χ4n) is 4.64. The summed E-state index contributed by atoms with van der Waals surface area (Å²) in [6.45, 7) is 6.70. The molecule has 1 N–H and O–H groups in total. The Morgan fingerprint density at radius 3 is 2.68 bits per heavy atom. The van der Waals surface area contributed by atoms with Gasteiger partial charge in [-0.1, -0.05) is 26.8 Å². The second kappa shape index (κ2) is 4.80. The van der Waals surface area contributed by atoms with Crippen molar-refractivity contribution in [3.63, 3.8) is 0 Å². The molecule has 0 heterocycles. The average Bonchev–Trinajstić information content (AvgIpc) is 2.94. The molecule has 0 radical (unpaired) electrons. The second-order valence-electron chi connectivity index (χ2n) is 7.63. The molecule has 1 amide bonds. The largest absolute Gasteiger partial charge is 0.348 e. The Morgan fingerprint density at radius 1 is 1.36 bits per heavy atom. The SMILES string of the molecule is CC1(C)[C@@H]2CC[C@](C)(C2)[C@@H]1NC(=O)c1cccc([N+](=O)[O-])c1. The van der Waals surface area contributed by atoms with Crippen LogP contribution in [0.2, 0.25) is 0 Å². The fourth-order valence-corrected chi connectivity index (χ4v) is 4.64. The van der Waals surface area contributed by atoms with Gasteiger partial charge in [0, 0.05) is 23.7 Å². The van der Waals surface area contributed by atoms with Gasteiger partial charge in [-0.3, -0.25) is 14.9 Å². The molecule has 0 spiro atoms. The number of carbonyl (C=O) groups excluding carboxylic acids is 1. The van der Waals surface area contributed by atoms with Crippen molar-refractivity contribution in [3.05, 3.63) is 39.9 Å². The molecule has 3 atom stereocenters. The highest BCUT2D eigenvalue weighted by molar-refractivity contribution is 5.95. The van der Waals surface area contributed by atoms with Crippen LogP contribution in [0.3, 0.4) is 0 Å². The third-order valence-electron chi connectivity index (χ3n) is 5.86. The number of hydrogen-bond donors (Lipinski definition) is 1. The molecule has 22 heavy (non-hydrogen) atoms. The van der Waals surface area contributed by atoms with Crippen LogP contribution in [0.15, 0.2) is 24.3 Å². The zero-order valence-corrected chi connectivity index (χ0v) is 13.3. The van der Waals surface area contributed by atoms with E-state index in [0.717, 1.165) is 12.8 Å². The van der Waals surface area contributed by atoms with E-state index in [0.29, 0.717) is 11.5 Å². The zero-order valence-electron chi connectivity index (χ0n) is 13.3. The molecule has 1 aromatic carbocycles. The van der Waals surface area contributed by atoms with Crippen molar-refractivity contribution in [1.82, 2.24) is 5.32 Å². The third kappa shape index (κ3) is 2.19. The lowest BCUT2D eigenvalue weighted by molar-refractivity contribution is -0.384. The van der Waals surface area contributed by atoms with E-state index in [1.165, 1.54) is 18.6 Å². The summed E-state index contributed by atoms with van der Waals surface area (Å²) in [6, 6.07) is 6.05. The summed E-state index contributed by atoms with van der Waals surface area (Å²) in [4.78, 5) is 22.9. The molecule has 0 unspecified atom stereocenters. The first kappa shape index (κ1) is 15.0. The maximum Gasteiger partial charge on any atom is 0.270 e. The van der Waals surface area contributed by atoms with E-state index in [4.69, 9.17) is 0 Å². The molecule has 3 rings (SSSR count). The number of benzene rings is 1. The first-order chi connectivity index (χ1) is 10.2. The average molecular weight is 302 g/mol. The highest BCUT2D eigenvalue weighted by atomic mass is 16.6. The molecule has 2 fully saturated rings. The number of fused-ring (bicyclic) bond motifs is 2. The fraction of sp³-hybridized carbons (Fsp3) is 0.588. The Hall–Kier alpha value is -1.91. The van der Waals surface area contributed by atoms with Gasteiger partial charge in [-0.25, -0.2) is 0 Å². The molecular formula is C17H22N2O3. The Kier molecular flexibility index (Phi) is 3.27. The van der Waals surface area contributed by atoms with E-state index < -0.39 is 4.92 Å². The Labute approximate surface area is 130 Å². The summed E-state index contributed by atoms with van der Waals surface area (Å²) < 4.78 is 0. The maximum absolute atomic E-state index is 12.5. The lowest BCUT2D eigenvalue weighted by Crippen LogP contribution is -2.52. The Bertz CT molecular complexity index is 636. The molecule has 2 bridgehead atoms. The predicted molar refractivity (Wildman–Crippen MR) is 83.6 cm³/mol. The van der Waals surface area contributed by atoms with Gasteiger partial charge in [-0.05, 0) is 42.1 Å². The van der Waals surface area contributed by atoms with Crippen LogP contribution in [0, 0.1) is 26.9 Å². The molecule has 5 nitrogen and oxygen atoms in total. The van der Waals surface area contributed by atoms with Crippen molar-refractivity contribution >= 4 is 11.6 Å². The number of nitro benzene ring substituents is 1. The smallest absolute Gasteiger partial charge is 0.270 e. The van der Waals surface area contributed by atoms with Crippen molar-refractivity contribution in [2.75, 3.05) is 0 Å². The van der Waals surface area contributed by atoms with Crippen molar-refractivity contribution in [1.29, 1.82) is 0 Å². The summed E-state index contributed by atoms with van der Waals surface area (Å²) in [5, 5.41) is 14.0. The van der Waals surface area contributed by atoms with Crippen LogP contribution in [0.25, 0.3) is 0 Å². The minimum absolute atomic E-state index is 0.0499. The topological polar surface area (TPSA) is 72.2 Å². The molecule has 2 saturated carbocycles. The number of nitrogens with zero attached hydrogens (tertiary/aromatic N) is 1. The van der Waals surface area contributed by atoms with E-state index >= 15 is 0 Å². The molecule has 118 valence electrons. The van der Waals surface area contributed by atoms with Gasteiger partial charge in [0.1, 0.15) is 0 Å². The monoisotopic (exact) mass is 302 g/mol. The van der Waals surface area contributed by atoms with E-state index in [9.17, 15) is 14.9 Å². The zero-order chi connectivity index (χ0) is 16.1. The first-order valence-corrected chi connectivity index (χ1v) is 7.79. The van der Waals surface area contributed by atoms with Crippen molar-refractivity contribution in [2.45, 2.75) is 46.1 Å². The lowest BCUT2D eigenvalue weighted by Gasteiger charge is -2.43. The Balaban J connectivity index is 1.83. The molecule has 1 aromatic rings. The number of carbonyl (C=O) groups is 1. The summed E-state index contributed by atoms with van der Waals surface area (Å²) in [6.07, 6.45) is 3.52. The van der Waals surface area contributed by atoms with Crippen LogP contribution in [0.5, 0.6) is 0 Å². The van der Waals surface area contributed by atoms with Crippen LogP contribution in [0.1, 0.15) is 50.4 Å². The van der Waals surface area contributed by atoms with Crippen LogP contribution in [-0.4, -0.2) is 16.9 Å². The van der Waals surface area contributed by atoms with Crippen LogP contribution in [-0.2, 0) is 0 Å². The quantitative estimate of drug-likeness (QED) is 0.685. The number of nitro groups is 1. The summed E-state index contributed by atoms with van der Waals surface area (Å²) in [5.74, 6) is 0.434. The normalized spacial score (nSPS) is 32.0. The van der Waals surface area contributed by atoms with Crippen molar-refractivity contribution in [3.8, 4) is 0 Å². The molecule has 0 saturated heterocycles. The summed E-state index contributed by atoms with van der Waals surface area (Å²) in [7, 11) is 0. The minimum Gasteiger partial charge on any atom is -0.348 e. The van der Waals surface area contributed by atoms with Gasteiger partial charge in [0.05, 0.1) is 4.92 Å². The number of rotatable bonds is 3. The molecule has 5 heteroatoms. The van der Waals surface area contributed by atoms with Crippen molar-refractivity contribution < 1.29 is 9.72 Å². The van der Waals surface area contributed by atoms with Crippen LogP contribution in [0.4, 0.5) is 5.69 Å². The van der Waals surface area contributed by atoms with Gasteiger partial charge < -0.3 is 5.32 Å². The maximum atomic E-state index is 12.5. The van der Waals surface area contributed by atoms with E-state index in [1.54, 1.807) is 12.1 Å². The minimum atomic E-state index is -0.473. The molecule has 0 aliphatic heterocycles. The highest BCUT2D eigenvalue weighted by Crippen LogP contribution is 2.62. The number of non-ortho nitro benzene ring substituents is 1. The molecule has 2 aliphatic carbocycles. The predicted octanol–water partition coefficient (Wildman–Crippen LogP) is 3.54. The van der Waals surface area contributed by atoms with Gasteiger partial charge in [0.15, 0.2) is 0 Å². The molecule has 2 aliphatic rings. The summed E-state index contributed by atoms with van der Waals surface area (Å²) in [5.41, 5.74) is 0.524. The highest BCUT2D eigenvalue weighted by Gasteiger charge is 2.59. The van der Waals surface area contributed by atoms with Crippen LogP contribution >= 0.6 is 0 Å². The number of nitrogens with one attached hydrogen (secondary N) is 1. The van der Waals surface area contributed by atoms with Crippen LogP contribution < -0.4 is 5.32 Å². The third-order valence-corrected chi connectivity index (χ3v) is 5.86. The first-order valence-electron chi connectivity index (χ1n) is 7.79.